The van der Waals surface area contributed by atoms with Gasteiger partial charge in [0.1, 0.15) is 5.75 Å². The number of carbonyl (C=O) groups is 1. The van der Waals surface area contributed by atoms with Gasteiger partial charge in [0.05, 0.1) is 18.7 Å². The Bertz CT molecular complexity index is 850. The summed E-state index contributed by atoms with van der Waals surface area (Å²) in [4.78, 5) is 17.1. The van der Waals surface area contributed by atoms with Crippen LogP contribution in [0, 0.1) is 13.8 Å². The molecule has 144 valence electrons. The van der Waals surface area contributed by atoms with Crippen LogP contribution in [0.4, 0.5) is 0 Å². The van der Waals surface area contributed by atoms with Crippen molar-refractivity contribution in [3.63, 3.8) is 0 Å². The minimum Gasteiger partial charge on any atom is -0.493 e. The summed E-state index contributed by atoms with van der Waals surface area (Å²) in [6, 6.07) is 6.15. The van der Waals surface area contributed by atoms with Crippen LogP contribution in [0.3, 0.4) is 0 Å². The van der Waals surface area contributed by atoms with Gasteiger partial charge in [-0.3, -0.25) is 14.4 Å². The average Bonchev–Trinajstić information content (AvgIpc) is 3.22. The number of benzene rings is 1. The molecule has 0 radical (unpaired) electrons. The van der Waals surface area contributed by atoms with Gasteiger partial charge in [0.2, 0.25) is 5.91 Å². The number of nitrogens with zero attached hydrogens (tertiary/aromatic N) is 4. The summed E-state index contributed by atoms with van der Waals surface area (Å²) >= 11 is 0. The molecule has 2 aromatic rings. The van der Waals surface area contributed by atoms with Gasteiger partial charge in [0.25, 0.3) is 0 Å². The van der Waals surface area contributed by atoms with Crippen molar-refractivity contribution in [2.75, 3.05) is 32.8 Å². The molecule has 1 aromatic carbocycles. The molecule has 1 amide bonds. The topological polar surface area (TPSA) is 50.6 Å². The second-order valence-corrected chi connectivity index (χ2v) is 7.65. The minimum atomic E-state index is 0.224. The van der Waals surface area contributed by atoms with Gasteiger partial charge in [0.15, 0.2) is 0 Å². The van der Waals surface area contributed by atoms with Crippen LogP contribution < -0.4 is 4.74 Å². The Morgan fingerprint density at radius 3 is 2.67 bits per heavy atom. The number of aryl methyl sites for hydroxylation is 2. The lowest BCUT2D eigenvalue weighted by Gasteiger charge is -2.35. The zero-order valence-electron chi connectivity index (χ0n) is 16.5. The summed E-state index contributed by atoms with van der Waals surface area (Å²) in [6.45, 7) is 9.29. The van der Waals surface area contributed by atoms with Crippen molar-refractivity contribution < 1.29 is 9.53 Å². The van der Waals surface area contributed by atoms with Gasteiger partial charge >= 0.3 is 0 Å². The third-order valence-corrected chi connectivity index (χ3v) is 5.87. The van der Waals surface area contributed by atoms with Crippen LogP contribution in [0.15, 0.2) is 18.2 Å². The minimum absolute atomic E-state index is 0.224. The van der Waals surface area contributed by atoms with Gasteiger partial charge in [0, 0.05) is 57.4 Å². The molecule has 0 bridgehead atoms. The highest BCUT2D eigenvalue weighted by Crippen LogP contribution is 2.26. The molecule has 2 aliphatic heterocycles. The lowest BCUT2D eigenvalue weighted by molar-refractivity contribution is -0.132. The van der Waals surface area contributed by atoms with Gasteiger partial charge < -0.3 is 9.64 Å². The lowest BCUT2D eigenvalue weighted by Crippen LogP contribution is -2.48. The Kier molecular flexibility index (Phi) is 4.91. The largest absolute Gasteiger partial charge is 0.493 e. The first-order valence-corrected chi connectivity index (χ1v) is 9.75. The van der Waals surface area contributed by atoms with Gasteiger partial charge in [-0.05, 0) is 31.0 Å². The van der Waals surface area contributed by atoms with E-state index in [-0.39, 0.29) is 5.91 Å². The highest BCUT2D eigenvalue weighted by Gasteiger charge is 2.23. The second-order valence-electron chi connectivity index (χ2n) is 7.65. The number of hydrogen-bond donors (Lipinski definition) is 0. The van der Waals surface area contributed by atoms with E-state index in [0.29, 0.717) is 6.42 Å². The van der Waals surface area contributed by atoms with E-state index in [0.717, 1.165) is 62.8 Å². The Morgan fingerprint density at radius 1 is 1.19 bits per heavy atom. The maximum absolute atomic E-state index is 12.7. The zero-order chi connectivity index (χ0) is 19.0. The predicted molar refractivity (Wildman–Crippen MR) is 104 cm³/mol. The molecular weight excluding hydrogens is 340 g/mol. The van der Waals surface area contributed by atoms with Crippen LogP contribution >= 0.6 is 0 Å². The van der Waals surface area contributed by atoms with Crippen LogP contribution in [0.1, 0.15) is 28.1 Å². The van der Waals surface area contributed by atoms with E-state index in [4.69, 9.17) is 4.74 Å². The molecular formula is C21H28N4O2. The van der Waals surface area contributed by atoms with Crippen LogP contribution in [0.25, 0.3) is 0 Å². The quantitative estimate of drug-likeness (QED) is 0.827. The molecule has 0 unspecified atom stereocenters. The van der Waals surface area contributed by atoms with Crippen molar-refractivity contribution in [2.45, 2.75) is 33.2 Å². The number of rotatable bonds is 4. The SMILES string of the molecule is Cc1nn(C)c(C)c1CN1CCN(C(=O)Cc2ccc3c(c2)CCO3)CC1. The summed E-state index contributed by atoms with van der Waals surface area (Å²) < 4.78 is 7.50. The fraction of sp³-hybridized carbons (Fsp3) is 0.524. The van der Waals surface area contributed by atoms with Crippen molar-refractivity contribution in [1.29, 1.82) is 0 Å². The number of amides is 1. The Balaban J connectivity index is 1.31. The first kappa shape index (κ1) is 18.0. The van der Waals surface area contributed by atoms with Crippen molar-refractivity contribution in [1.82, 2.24) is 19.6 Å². The monoisotopic (exact) mass is 368 g/mol. The molecule has 0 aliphatic carbocycles. The Hall–Kier alpha value is -2.34. The van der Waals surface area contributed by atoms with E-state index in [1.54, 1.807) is 0 Å². The lowest BCUT2D eigenvalue weighted by atomic mass is 10.1. The Labute approximate surface area is 160 Å². The fourth-order valence-electron chi connectivity index (χ4n) is 4.06. The normalized spacial score (nSPS) is 17.1. The average molecular weight is 368 g/mol. The molecule has 0 atom stereocenters. The van der Waals surface area contributed by atoms with Gasteiger partial charge in [-0.25, -0.2) is 0 Å². The predicted octanol–water partition coefficient (Wildman–Crippen LogP) is 1.86. The van der Waals surface area contributed by atoms with E-state index in [9.17, 15) is 4.79 Å². The first-order valence-electron chi connectivity index (χ1n) is 9.75. The number of carbonyl (C=O) groups excluding carboxylic acids is 1. The van der Waals surface area contributed by atoms with Gasteiger partial charge in [-0.2, -0.15) is 5.10 Å². The number of fused-ring (bicyclic) bond motifs is 1. The molecule has 1 saturated heterocycles. The third kappa shape index (κ3) is 3.72. The molecule has 4 rings (SSSR count). The molecule has 3 heterocycles. The number of ether oxygens (including phenoxy) is 1. The molecule has 27 heavy (non-hydrogen) atoms. The first-order chi connectivity index (χ1) is 13.0. The van der Waals surface area contributed by atoms with Crippen molar-refractivity contribution in [3.8, 4) is 5.75 Å². The maximum Gasteiger partial charge on any atom is 0.227 e. The molecule has 0 spiro atoms. The zero-order valence-corrected chi connectivity index (χ0v) is 16.5. The summed E-state index contributed by atoms with van der Waals surface area (Å²) in [5, 5.41) is 4.51. The van der Waals surface area contributed by atoms with E-state index in [1.807, 2.05) is 28.8 Å². The van der Waals surface area contributed by atoms with Crippen LogP contribution in [0.2, 0.25) is 0 Å². The summed E-state index contributed by atoms with van der Waals surface area (Å²) in [5.41, 5.74) is 5.97. The summed E-state index contributed by atoms with van der Waals surface area (Å²) in [5.74, 6) is 1.20. The molecule has 0 saturated carbocycles. The van der Waals surface area contributed by atoms with E-state index in [1.165, 1.54) is 16.8 Å². The Morgan fingerprint density at radius 2 is 1.96 bits per heavy atom. The van der Waals surface area contributed by atoms with Gasteiger partial charge in [-0.1, -0.05) is 12.1 Å². The number of piperazine rings is 1. The summed E-state index contributed by atoms with van der Waals surface area (Å²) in [7, 11) is 1.99. The highest BCUT2D eigenvalue weighted by atomic mass is 16.5. The van der Waals surface area contributed by atoms with E-state index >= 15 is 0 Å². The smallest absolute Gasteiger partial charge is 0.227 e. The molecule has 6 nitrogen and oxygen atoms in total. The van der Waals surface area contributed by atoms with E-state index in [2.05, 4.69) is 29.9 Å². The maximum atomic E-state index is 12.7. The molecule has 2 aliphatic rings. The molecule has 1 aromatic heterocycles. The van der Waals surface area contributed by atoms with Crippen molar-refractivity contribution in [2.24, 2.45) is 7.05 Å². The van der Waals surface area contributed by atoms with Crippen LogP contribution in [-0.4, -0.2) is 58.3 Å². The molecule has 1 fully saturated rings. The molecule has 0 N–H and O–H groups in total. The number of hydrogen-bond acceptors (Lipinski definition) is 4. The standard InChI is InChI=1S/C21H28N4O2/c1-15-19(16(2)23(3)22-15)14-24-7-9-25(10-8-24)21(26)13-17-4-5-20-18(12-17)6-11-27-20/h4-5,12H,6-11,13-14H2,1-3H3. The molecule has 6 heteroatoms. The van der Waals surface area contributed by atoms with Crippen molar-refractivity contribution in [3.05, 3.63) is 46.3 Å². The highest BCUT2D eigenvalue weighted by molar-refractivity contribution is 5.79. The van der Waals surface area contributed by atoms with E-state index < -0.39 is 0 Å². The third-order valence-electron chi connectivity index (χ3n) is 5.87. The van der Waals surface area contributed by atoms with Gasteiger partial charge in [-0.15, -0.1) is 0 Å². The van der Waals surface area contributed by atoms with Crippen molar-refractivity contribution >= 4 is 5.91 Å². The summed E-state index contributed by atoms with van der Waals surface area (Å²) in [6.07, 6.45) is 1.43. The second kappa shape index (κ2) is 7.35. The van der Waals surface area contributed by atoms with Crippen LogP contribution in [0.5, 0.6) is 5.75 Å². The van der Waals surface area contributed by atoms with Crippen LogP contribution in [-0.2, 0) is 31.2 Å². The number of aromatic nitrogens is 2. The fourth-order valence-corrected chi connectivity index (χ4v) is 4.06.